The van der Waals surface area contributed by atoms with Gasteiger partial charge >= 0.3 is 5.69 Å². The van der Waals surface area contributed by atoms with Crippen LogP contribution in [0, 0.1) is 0 Å². The minimum atomic E-state index is -0.482. The zero-order valence-electron chi connectivity index (χ0n) is 13.2. The van der Waals surface area contributed by atoms with Crippen LogP contribution in [0.15, 0.2) is 58.1 Å². The number of hydrazine groups is 1. The van der Waals surface area contributed by atoms with E-state index in [1.54, 1.807) is 12.1 Å². The topological polar surface area (TPSA) is 85.1 Å². The Bertz CT molecular complexity index is 1050. The lowest BCUT2D eigenvalue weighted by Gasteiger charge is -2.12. The van der Waals surface area contributed by atoms with E-state index in [1.807, 2.05) is 30.3 Å². The van der Waals surface area contributed by atoms with Crippen LogP contribution in [0.2, 0.25) is 0 Å². The van der Waals surface area contributed by atoms with Crippen LogP contribution in [0.25, 0.3) is 10.8 Å². The number of amides is 1. The zero-order valence-corrected chi connectivity index (χ0v) is 13.2. The summed E-state index contributed by atoms with van der Waals surface area (Å²) in [5, 5.41) is 1.99. The van der Waals surface area contributed by atoms with Gasteiger partial charge in [-0.3, -0.25) is 29.6 Å². The lowest BCUT2D eigenvalue weighted by molar-refractivity contribution is 0.0962. The van der Waals surface area contributed by atoms with E-state index < -0.39 is 11.2 Å². The summed E-state index contributed by atoms with van der Waals surface area (Å²) in [5.74, 6) is -0.161. The van der Waals surface area contributed by atoms with Crippen LogP contribution in [0.1, 0.15) is 10.4 Å². The second-order valence-electron chi connectivity index (χ2n) is 5.41. The minimum absolute atomic E-state index is 0.206. The molecular formula is C17H16N4O3. The Balaban J connectivity index is 1.82. The molecule has 2 aromatic carbocycles. The van der Waals surface area contributed by atoms with Crippen LogP contribution >= 0.6 is 0 Å². The predicted octanol–water partition coefficient (Wildman–Crippen LogP) is 0.994. The van der Waals surface area contributed by atoms with E-state index >= 15 is 0 Å². The molecule has 0 aliphatic carbocycles. The van der Waals surface area contributed by atoms with E-state index in [0.717, 1.165) is 15.3 Å². The van der Waals surface area contributed by atoms with Crippen molar-refractivity contribution in [1.29, 1.82) is 0 Å². The van der Waals surface area contributed by atoms with E-state index in [2.05, 4.69) is 10.9 Å². The molecule has 3 aromatic rings. The molecular weight excluding hydrogens is 308 g/mol. The molecule has 0 saturated heterocycles. The number of hydrogen-bond acceptors (Lipinski definition) is 4. The van der Waals surface area contributed by atoms with Crippen LogP contribution in [0.4, 0.5) is 5.82 Å². The van der Waals surface area contributed by atoms with Gasteiger partial charge in [0.2, 0.25) is 0 Å². The summed E-state index contributed by atoms with van der Waals surface area (Å²) in [5.41, 5.74) is 4.64. The summed E-state index contributed by atoms with van der Waals surface area (Å²) in [6.45, 7) is 0. The zero-order chi connectivity index (χ0) is 17.3. The highest BCUT2D eigenvalue weighted by Crippen LogP contribution is 2.15. The van der Waals surface area contributed by atoms with Gasteiger partial charge in [0.15, 0.2) is 0 Å². The summed E-state index contributed by atoms with van der Waals surface area (Å²) < 4.78 is 2.22. The Morgan fingerprint density at radius 1 is 0.917 bits per heavy atom. The summed E-state index contributed by atoms with van der Waals surface area (Å²) in [6, 6.07) is 14.3. The molecule has 0 aliphatic rings. The smallest absolute Gasteiger partial charge is 0.283 e. The molecule has 0 bridgehead atoms. The number of aromatic nitrogens is 2. The molecule has 7 nitrogen and oxygen atoms in total. The van der Waals surface area contributed by atoms with Crippen molar-refractivity contribution in [2.75, 3.05) is 5.43 Å². The van der Waals surface area contributed by atoms with Crippen molar-refractivity contribution in [3.8, 4) is 0 Å². The minimum Gasteiger partial charge on any atom is -0.283 e. The van der Waals surface area contributed by atoms with E-state index in [9.17, 15) is 14.4 Å². The second kappa shape index (κ2) is 6.04. The SMILES string of the molecule is Cn1c(NNC(=O)c2ccc3ccccc3c2)cc(=O)n(C)c1=O. The van der Waals surface area contributed by atoms with Crippen molar-refractivity contribution in [2.45, 2.75) is 0 Å². The molecule has 0 unspecified atom stereocenters. The highest BCUT2D eigenvalue weighted by molar-refractivity contribution is 5.98. The maximum absolute atomic E-state index is 12.3. The molecule has 0 atom stereocenters. The Morgan fingerprint density at radius 3 is 2.38 bits per heavy atom. The van der Waals surface area contributed by atoms with Crippen molar-refractivity contribution >= 4 is 22.5 Å². The molecule has 122 valence electrons. The standard InChI is InChI=1S/C17H16N4O3/c1-20-14(10-15(22)21(2)17(20)24)18-19-16(23)13-8-7-11-5-3-4-6-12(11)9-13/h3-10,18H,1-2H3,(H,19,23). The number of carbonyl (C=O) groups excluding carboxylic acids is 1. The molecule has 2 N–H and O–H groups in total. The molecule has 1 aromatic heterocycles. The molecule has 0 fully saturated rings. The highest BCUT2D eigenvalue weighted by atomic mass is 16.2. The summed E-state index contributed by atoms with van der Waals surface area (Å²) in [4.78, 5) is 35.8. The molecule has 0 aliphatic heterocycles. The van der Waals surface area contributed by atoms with Crippen LogP contribution in [-0.2, 0) is 14.1 Å². The van der Waals surface area contributed by atoms with Gasteiger partial charge in [0.05, 0.1) is 0 Å². The maximum Gasteiger partial charge on any atom is 0.332 e. The van der Waals surface area contributed by atoms with Gasteiger partial charge in [-0.15, -0.1) is 0 Å². The molecule has 1 heterocycles. The molecule has 0 spiro atoms. The first kappa shape index (κ1) is 15.5. The van der Waals surface area contributed by atoms with Crippen molar-refractivity contribution in [3.05, 3.63) is 74.9 Å². The molecule has 7 heteroatoms. The van der Waals surface area contributed by atoms with Gasteiger partial charge in [0.1, 0.15) is 5.82 Å². The van der Waals surface area contributed by atoms with Crippen molar-refractivity contribution in [1.82, 2.24) is 14.6 Å². The summed E-state index contributed by atoms with van der Waals surface area (Å²) in [7, 11) is 2.90. The third kappa shape index (κ3) is 2.79. The average molecular weight is 324 g/mol. The highest BCUT2D eigenvalue weighted by Gasteiger charge is 2.09. The van der Waals surface area contributed by atoms with E-state index in [4.69, 9.17) is 0 Å². The summed E-state index contributed by atoms with van der Waals surface area (Å²) >= 11 is 0. The molecule has 24 heavy (non-hydrogen) atoms. The van der Waals surface area contributed by atoms with E-state index in [0.29, 0.717) is 5.56 Å². The first-order chi connectivity index (χ1) is 11.5. The van der Waals surface area contributed by atoms with Gasteiger partial charge in [-0.05, 0) is 22.9 Å². The van der Waals surface area contributed by atoms with Crippen molar-refractivity contribution < 1.29 is 4.79 Å². The third-order valence-corrected chi connectivity index (χ3v) is 3.84. The number of carbonyl (C=O) groups is 1. The number of nitrogens with zero attached hydrogens (tertiary/aromatic N) is 2. The number of anilines is 1. The van der Waals surface area contributed by atoms with Crippen molar-refractivity contribution in [3.63, 3.8) is 0 Å². The Kier molecular flexibility index (Phi) is 3.91. The predicted molar refractivity (Wildman–Crippen MR) is 92.0 cm³/mol. The molecule has 3 rings (SSSR count). The van der Waals surface area contributed by atoms with Crippen molar-refractivity contribution in [2.24, 2.45) is 14.1 Å². The van der Waals surface area contributed by atoms with Crippen LogP contribution in [-0.4, -0.2) is 15.0 Å². The fourth-order valence-corrected chi connectivity index (χ4v) is 2.38. The van der Waals surface area contributed by atoms with Crippen LogP contribution < -0.4 is 22.1 Å². The van der Waals surface area contributed by atoms with Crippen LogP contribution in [0.5, 0.6) is 0 Å². The summed E-state index contributed by atoms with van der Waals surface area (Å²) in [6.07, 6.45) is 0. The third-order valence-electron chi connectivity index (χ3n) is 3.84. The van der Waals surface area contributed by atoms with Crippen LogP contribution in [0.3, 0.4) is 0 Å². The maximum atomic E-state index is 12.3. The molecule has 0 saturated carbocycles. The second-order valence-corrected chi connectivity index (χ2v) is 5.41. The lowest BCUT2D eigenvalue weighted by Crippen LogP contribution is -2.40. The first-order valence-corrected chi connectivity index (χ1v) is 7.29. The number of fused-ring (bicyclic) bond motifs is 1. The van der Waals surface area contributed by atoms with E-state index in [-0.39, 0.29) is 11.7 Å². The van der Waals surface area contributed by atoms with Gasteiger partial charge in [-0.25, -0.2) is 4.79 Å². The largest absolute Gasteiger partial charge is 0.332 e. The molecule has 1 amide bonds. The fourth-order valence-electron chi connectivity index (χ4n) is 2.38. The number of rotatable bonds is 3. The number of hydrogen-bond donors (Lipinski definition) is 2. The van der Waals surface area contributed by atoms with Gasteiger partial charge in [0.25, 0.3) is 11.5 Å². The van der Waals surface area contributed by atoms with E-state index in [1.165, 1.54) is 24.7 Å². The Morgan fingerprint density at radius 2 is 1.62 bits per heavy atom. The van der Waals surface area contributed by atoms with Gasteiger partial charge in [-0.2, -0.15) is 0 Å². The van der Waals surface area contributed by atoms with Gasteiger partial charge in [0, 0.05) is 25.7 Å². The monoisotopic (exact) mass is 324 g/mol. The number of benzene rings is 2. The Labute approximate surface area is 137 Å². The average Bonchev–Trinajstić information content (AvgIpc) is 2.61. The molecule has 0 radical (unpaired) electrons. The van der Waals surface area contributed by atoms with Gasteiger partial charge in [-0.1, -0.05) is 30.3 Å². The fraction of sp³-hybridized carbons (Fsp3) is 0.118. The Hall–Kier alpha value is -3.35. The first-order valence-electron chi connectivity index (χ1n) is 7.29. The quantitative estimate of drug-likeness (QED) is 0.704. The lowest BCUT2D eigenvalue weighted by atomic mass is 10.1. The normalized spacial score (nSPS) is 10.6. The number of nitrogens with one attached hydrogen (secondary N) is 2. The van der Waals surface area contributed by atoms with Gasteiger partial charge < -0.3 is 0 Å².